The summed E-state index contributed by atoms with van der Waals surface area (Å²) in [5.74, 6) is -1.24. The van der Waals surface area contributed by atoms with Gasteiger partial charge in [0.15, 0.2) is 0 Å². The van der Waals surface area contributed by atoms with Crippen molar-refractivity contribution in [1.29, 1.82) is 0 Å². The van der Waals surface area contributed by atoms with Gasteiger partial charge in [0.1, 0.15) is 5.82 Å². The van der Waals surface area contributed by atoms with Crippen molar-refractivity contribution in [3.63, 3.8) is 0 Å². The molecular formula is C22H25FN2O2. The number of hydrogen-bond donors (Lipinski definition) is 0. The second-order valence-electron chi connectivity index (χ2n) is 6.82. The molecule has 142 valence electrons. The van der Waals surface area contributed by atoms with Gasteiger partial charge in [-0.15, -0.1) is 0 Å². The molecule has 2 aromatic rings. The van der Waals surface area contributed by atoms with E-state index in [1.807, 2.05) is 44.2 Å². The first kappa shape index (κ1) is 19.1. The van der Waals surface area contributed by atoms with Gasteiger partial charge in [0, 0.05) is 32.1 Å². The van der Waals surface area contributed by atoms with Crippen molar-refractivity contribution in [2.75, 3.05) is 26.2 Å². The van der Waals surface area contributed by atoms with Crippen molar-refractivity contribution >= 4 is 11.8 Å². The van der Waals surface area contributed by atoms with E-state index in [-0.39, 0.29) is 29.2 Å². The van der Waals surface area contributed by atoms with E-state index in [0.29, 0.717) is 26.2 Å². The third-order valence-electron chi connectivity index (χ3n) is 5.33. The van der Waals surface area contributed by atoms with Crippen LogP contribution in [0, 0.1) is 11.7 Å². The van der Waals surface area contributed by atoms with E-state index in [4.69, 9.17) is 0 Å². The Kier molecular flexibility index (Phi) is 5.89. The number of nitrogens with zero attached hydrogens (tertiary/aromatic N) is 2. The predicted molar refractivity (Wildman–Crippen MR) is 103 cm³/mol. The van der Waals surface area contributed by atoms with Crippen LogP contribution < -0.4 is 0 Å². The number of likely N-dealkylation sites (tertiary alicyclic amines) is 1. The number of amides is 2. The minimum absolute atomic E-state index is 0.0534. The molecule has 2 aromatic carbocycles. The molecule has 0 bridgehead atoms. The molecule has 4 nitrogen and oxygen atoms in total. The fourth-order valence-electron chi connectivity index (χ4n) is 3.83. The summed E-state index contributed by atoms with van der Waals surface area (Å²) >= 11 is 0. The van der Waals surface area contributed by atoms with Crippen molar-refractivity contribution < 1.29 is 14.0 Å². The molecule has 3 rings (SSSR count). The summed E-state index contributed by atoms with van der Waals surface area (Å²) in [4.78, 5) is 29.4. The van der Waals surface area contributed by atoms with E-state index >= 15 is 0 Å². The molecule has 1 heterocycles. The Hall–Kier alpha value is -2.69. The summed E-state index contributed by atoms with van der Waals surface area (Å²) < 4.78 is 14.1. The van der Waals surface area contributed by atoms with Gasteiger partial charge >= 0.3 is 0 Å². The van der Waals surface area contributed by atoms with Crippen LogP contribution in [0.4, 0.5) is 4.39 Å². The summed E-state index contributed by atoms with van der Waals surface area (Å²) in [7, 11) is 0. The lowest BCUT2D eigenvalue weighted by Gasteiger charge is -2.25. The highest BCUT2D eigenvalue weighted by Crippen LogP contribution is 2.35. The Morgan fingerprint density at radius 1 is 1.00 bits per heavy atom. The van der Waals surface area contributed by atoms with Gasteiger partial charge in [-0.05, 0) is 31.5 Å². The first-order chi connectivity index (χ1) is 13.1. The summed E-state index contributed by atoms with van der Waals surface area (Å²) in [6.45, 7) is 5.90. The van der Waals surface area contributed by atoms with Crippen LogP contribution in [0.15, 0.2) is 54.6 Å². The van der Waals surface area contributed by atoms with E-state index in [1.54, 1.807) is 21.9 Å². The first-order valence-corrected chi connectivity index (χ1v) is 9.44. The SMILES string of the molecule is CCN(CC)C(=O)[C@H]1CN(C(=O)c2ccccc2F)C[C@@H]1c1ccccc1. The van der Waals surface area contributed by atoms with Gasteiger partial charge in [0.05, 0.1) is 11.5 Å². The van der Waals surface area contributed by atoms with Crippen LogP contribution >= 0.6 is 0 Å². The Morgan fingerprint density at radius 2 is 1.63 bits per heavy atom. The van der Waals surface area contributed by atoms with E-state index < -0.39 is 5.82 Å². The largest absolute Gasteiger partial charge is 0.343 e. The molecule has 5 heteroatoms. The average Bonchev–Trinajstić information content (AvgIpc) is 3.15. The molecule has 1 fully saturated rings. The Bertz CT molecular complexity index is 805. The number of carbonyl (C=O) groups is 2. The van der Waals surface area contributed by atoms with Crippen molar-refractivity contribution in [3.8, 4) is 0 Å². The molecule has 1 aliphatic heterocycles. The maximum Gasteiger partial charge on any atom is 0.256 e. The lowest BCUT2D eigenvalue weighted by molar-refractivity contribution is -0.135. The second-order valence-corrected chi connectivity index (χ2v) is 6.82. The molecule has 2 atom stereocenters. The normalized spacial score (nSPS) is 19.1. The summed E-state index contributed by atoms with van der Waals surface area (Å²) in [5.41, 5.74) is 1.09. The van der Waals surface area contributed by atoms with Gasteiger partial charge in [-0.25, -0.2) is 4.39 Å². The quantitative estimate of drug-likeness (QED) is 0.810. The van der Waals surface area contributed by atoms with Gasteiger partial charge in [0.2, 0.25) is 5.91 Å². The molecule has 0 aromatic heterocycles. The van der Waals surface area contributed by atoms with E-state index in [0.717, 1.165) is 5.56 Å². The number of halogens is 1. The third-order valence-corrected chi connectivity index (χ3v) is 5.33. The molecule has 1 saturated heterocycles. The van der Waals surface area contributed by atoms with Crippen LogP contribution in [0.25, 0.3) is 0 Å². The van der Waals surface area contributed by atoms with Crippen molar-refractivity contribution in [1.82, 2.24) is 9.80 Å². The van der Waals surface area contributed by atoms with Crippen molar-refractivity contribution in [2.45, 2.75) is 19.8 Å². The van der Waals surface area contributed by atoms with Gasteiger partial charge in [-0.2, -0.15) is 0 Å². The minimum atomic E-state index is -0.530. The fourth-order valence-corrected chi connectivity index (χ4v) is 3.83. The zero-order valence-electron chi connectivity index (χ0n) is 15.8. The molecular weight excluding hydrogens is 343 g/mol. The number of hydrogen-bond acceptors (Lipinski definition) is 2. The van der Waals surface area contributed by atoms with E-state index in [1.165, 1.54) is 12.1 Å². The highest BCUT2D eigenvalue weighted by Gasteiger charge is 2.42. The second kappa shape index (κ2) is 8.33. The van der Waals surface area contributed by atoms with Crippen molar-refractivity contribution in [2.24, 2.45) is 5.92 Å². The standard InChI is InChI=1S/C22H25FN2O2/c1-3-24(4-2)22(27)19-15-25(14-18(19)16-10-6-5-7-11-16)21(26)17-12-8-9-13-20(17)23/h5-13,18-19H,3-4,14-15H2,1-2H3/t18-,19+/m1/s1. The Morgan fingerprint density at radius 3 is 2.26 bits per heavy atom. The van der Waals surface area contributed by atoms with Crippen LogP contribution in [0.1, 0.15) is 35.7 Å². The van der Waals surface area contributed by atoms with Gasteiger partial charge in [0.25, 0.3) is 5.91 Å². The third kappa shape index (κ3) is 3.87. The Balaban J connectivity index is 1.90. The van der Waals surface area contributed by atoms with Crippen LogP contribution in [0.3, 0.4) is 0 Å². The minimum Gasteiger partial charge on any atom is -0.343 e. The maximum atomic E-state index is 14.1. The number of benzene rings is 2. The van der Waals surface area contributed by atoms with Crippen LogP contribution in [-0.2, 0) is 4.79 Å². The van der Waals surface area contributed by atoms with Gasteiger partial charge in [-0.1, -0.05) is 42.5 Å². The van der Waals surface area contributed by atoms with Gasteiger partial charge in [-0.3, -0.25) is 9.59 Å². The smallest absolute Gasteiger partial charge is 0.256 e. The van der Waals surface area contributed by atoms with Crippen LogP contribution in [0.2, 0.25) is 0 Å². The topological polar surface area (TPSA) is 40.6 Å². The molecule has 2 amide bonds. The van der Waals surface area contributed by atoms with Gasteiger partial charge < -0.3 is 9.80 Å². The molecule has 0 radical (unpaired) electrons. The zero-order valence-corrected chi connectivity index (χ0v) is 15.8. The monoisotopic (exact) mass is 368 g/mol. The summed E-state index contributed by atoms with van der Waals surface area (Å²) in [5, 5.41) is 0. The number of carbonyl (C=O) groups excluding carboxylic acids is 2. The van der Waals surface area contributed by atoms with E-state index in [2.05, 4.69) is 0 Å². The summed E-state index contributed by atoms with van der Waals surface area (Å²) in [6.07, 6.45) is 0. The molecule has 27 heavy (non-hydrogen) atoms. The molecule has 0 spiro atoms. The lowest BCUT2D eigenvalue weighted by atomic mass is 9.88. The molecule has 0 N–H and O–H groups in total. The highest BCUT2D eigenvalue weighted by atomic mass is 19.1. The summed E-state index contributed by atoms with van der Waals surface area (Å²) in [6, 6.07) is 15.8. The molecule has 0 saturated carbocycles. The first-order valence-electron chi connectivity index (χ1n) is 9.44. The molecule has 0 unspecified atom stereocenters. The highest BCUT2D eigenvalue weighted by molar-refractivity contribution is 5.95. The average molecular weight is 368 g/mol. The van der Waals surface area contributed by atoms with Crippen LogP contribution in [-0.4, -0.2) is 47.8 Å². The molecule has 1 aliphatic rings. The van der Waals surface area contributed by atoms with E-state index in [9.17, 15) is 14.0 Å². The van der Waals surface area contributed by atoms with Crippen LogP contribution in [0.5, 0.6) is 0 Å². The zero-order chi connectivity index (χ0) is 19.4. The Labute approximate surface area is 159 Å². The number of rotatable bonds is 5. The fraction of sp³-hybridized carbons (Fsp3) is 0.364. The lowest BCUT2D eigenvalue weighted by Crippen LogP contribution is -2.39. The maximum absolute atomic E-state index is 14.1. The predicted octanol–water partition coefficient (Wildman–Crippen LogP) is 3.55. The molecule has 0 aliphatic carbocycles. The van der Waals surface area contributed by atoms with Crippen molar-refractivity contribution in [3.05, 3.63) is 71.5 Å².